The van der Waals surface area contributed by atoms with Crippen molar-refractivity contribution in [1.82, 2.24) is 50.5 Å². The maximum absolute atomic E-state index is 15.5. The fourth-order valence-corrected chi connectivity index (χ4v) is 10.8. The molecule has 2 aromatic carbocycles. The number of carbonyl (C=O) groups excluding carboxylic acids is 7. The van der Waals surface area contributed by atoms with Gasteiger partial charge in [-0.2, -0.15) is 0 Å². The summed E-state index contributed by atoms with van der Waals surface area (Å²) in [6.45, 7) is 19.5. The Bertz CT molecular complexity index is 2850. The molecular weight excluding hydrogens is 961 g/mol. The maximum Gasteiger partial charge on any atom is 0.246 e. The van der Waals surface area contributed by atoms with Crippen LogP contribution < -0.4 is 21.3 Å². The Morgan fingerprint density at radius 2 is 1.42 bits per heavy atom. The number of likely N-dealkylation sites (N-methyl/N-ethyl adjacent to an activating group) is 2. The van der Waals surface area contributed by atoms with Crippen LogP contribution in [0.25, 0.3) is 21.8 Å². The van der Waals surface area contributed by atoms with E-state index in [9.17, 15) is 14.4 Å². The molecule has 2 aliphatic heterocycles. The Morgan fingerprint density at radius 3 is 2.11 bits per heavy atom. The van der Waals surface area contributed by atoms with Crippen LogP contribution in [0.3, 0.4) is 0 Å². The first-order chi connectivity index (χ1) is 36.1. The normalized spacial score (nSPS) is 24.9. The third-order valence-electron chi connectivity index (χ3n) is 15.6. The van der Waals surface area contributed by atoms with E-state index in [4.69, 9.17) is 0 Å². The van der Waals surface area contributed by atoms with E-state index in [0.29, 0.717) is 29.7 Å². The fourth-order valence-electron chi connectivity index (χ4n) is 10.8. The van der Waals surface area contributed by atoms with Gasteiger partial charge in [-0.05, 0) is 107 Å². The van der Waals surface area contributed by atoms with E-state index in [0.717, 1.165) is 41.1 Å². The van der Waals surface area contributed by atoms with Crippen molar-refractivity contribution in [3.05, 3.63) is 96.6 Å². The Morgan fingerprint density at radius 1 is 0.763 bits per heavy atom. The van der Waals surface area contributed by atoms with Crippen LogP contribution in [0.4, 0.5) is 0 Å². The Labute approximate surface area is 448 Å². The summed E-state index contributed by atoms with van der Waals surface area (Å²) in [5, 5.41) is 13.6. The Kier molecular flexibility index (Phi) is 18.2. The highest BCUT2D eigenvalue weighted by Gasteiger charge is 2.42. The molecule has 17 nitrogen and oxygen atoms in total. The lowest BCUT2D eigenvalue weighted by Gasteiger charge is -2.39. The number of para-hydroxylation sites is 1. The zero-order valence-electron chi connectivity index (χ0n) is 46.2. The maximum atomic E-state index is 15.5. The highest BCUT2D eigenvalue weighted by atomic mass is 16.2. The van der Waals surface area contributed by atoms with Gasteiger partial charge in [-0.1, -0.05) is 89.5 Å². The number of nitrogens with zero attached hydrogens (tertiary/aromatic N) is 6. The van der Waals surface area contributed by atoms with Crippen molar-refractivity contribution >= 4 is 63.2 Å². The summed E-state index contributed by atoms with van der Waals surface area (Å²) in [6.07, 6.45) is 13.5. The van der Waals surface area contributed by atoms with Gasteiger partial charge in [-0.3, -0.25) is 33.6 Å². The van der Waals surface area contributed by atoms with Gasteiger partial charge >= 0.3 is 0 Å². The molecule has 0 radical (unpaired) electrons. The van der Waals surface area contributed by atoms with Gasteiger partial charge in [0, 0.05) is 62.2 Å². The quantitative estimate of drug-likeness (QED) is 0.122. The number of hydrogen-bond donors (Lipinski definition) is 4. The Hall–Kier alpha value is -6.91. The first-order valence-corrected chi connectivity index (χ1v) is 27.2. The number of hydrogen-bond acceptors (Lipinski definition) is 9. The number of amides is 7. The highest BCUT2D eigenvalue weighted by Crippen LogP contribution is 2.32. The number of benzene rings is 2. The first-order valence-electron chi connectivity index (χ1n) is 27.2. The molecule has 0 unspecified atom stereocenters. The molecule has 4 aromatic rings. The van der Waals surface area contributed by atoms with Crippen LogP contribution in [0.2, 0.25) is 0 Å². The minimum Gasteiger partial charge on any atom is -0.343 e. The van der Waals surface area contributed by atoms with Gasteiger partial charge in [0.15, 0.2) is 0 Å². The van der Waals surface area contributed by atoms with E-state index in [-0.39, 0.29) is 56.4 Å². The molecule has 2 fully saturated rings. The zero-order chi connectivity index (χ0) is 55.2. The van der Waals surface area contributed by atoms with Gasteiger partial charge in [0.25, 0.3) is 0 Å². The van der Waals surface area contributed by atoms with E-state index < -0.39 is 89.2 Å². The lowest BCUT2D eigenvalue weighted by Crippen LogP contribution is -2.61. The Balaban J connectivity index is 1.35. The second-order valence-electron chi connectivity index (χ2n) is 22.8. The molecule has 2 aromatic heterocycles. The highest BCUT2D eigenvalue weighted by molar-refractivity contribution is 5.99. The molecule has 3 aliphatic rings. The standard InChI is InChI=1S/C59H80N10O7/c1-12-59(8,9)69-34-42(43-21-15-16-22-48(43)69)32-47-57(75)67(11)50(27-35(2)3)54(72)63-46(31-40-24-25-44-41(29-40)33-60-38(7)62-44)52(70)61-37(6)56(74)66(10)49-23-14-13-17-26-68(58(49)76)51(28-36(4)5)55(73)64-45(53(71)65-47)30-39-19-18-20-39/h12-16,21-22,24-25,29,33-37,39,45-47,49-51H,1,17-20,23,26-28,30-32H2,2-11H3,(H,61,70)(H,63,72)(H,64,73)(H,65,71)/b14-13-/t37-,45-,46-,47-,49-,50-,51-/m0/s1. The summed E-state index contributed by atoms with van der Waals surface area (Å²) in [7, 11) is 3.06. The molecule has 7 atom stereocenters. The van der Waals surface area contributed by atoms with Crippen molar-refractivity contribution in [3.8, 4) is 0 Å². The van der Waals surface area contributed by atoms with E-state index in [1.807, 2.05) is 108 Å². The average molecular weight is 1040 g/mol. The van der Waals surface area contributed by atoms with Crippen LogP contribution in [-0.4, -0.2) is 134 Å². The number of rotatable bonds is 12. The van der Waals surface area contributed by atoms with Crippen LogP contribution in [0.1, 0.15) is 117 Å². The van der Waals surface area contributed by atoms with Crippen LogP contribution in [0.5, 0.6) is 0 Å². The molecule has 17 heteroatoms. The van der Waals surface area contributed by atoms with Gasteiger partial charge in [-0.25, -0.2) is 9.97 Å². The second kappa shape index (κ2) is 24.4. The first kappa shape index (κ1) is 56.8. The summed E-state index contributed by atoms with van der Waals surface area (Å²) in [5.41, 5.74) is 2.52. The van der Waals surface area contributed by atoms with Crippen molar-refractivity contribution < 1.29 is 33.6 Å². The van der Waals surface area contributed by atoms with Crippen molar-refractivity contribution in [2.24, 2.45) is 17.8 Å². The molecular formula is C59H80N10O7. The van der Waals surface area contributed by atoms with Gasteiger partial charge in [0.05, 0.1) is 11.1 Å². The molecule has 1 aliphatic carbocycles. The fraction of sp³-hybridized carbons (Fsp3) is 0.542. The van der Waals surface area contributed by atoms with E-state index in [1.54, 1.807) is 13.1 Å². The second-order valence-corrected chi connectivity index (χ2v) is 22.8. The lowest BCUT2D eigenvalue weighted by atomic mass is 9.80. The number of aryl methyl sites for hydroxylation is 1. The molecule has 408 valence electrons. The minimum atomic E-state index is -1.25. The van der Waals surface area contributed by atoms with Gasteiger partial charge in [-0.15, -0.1) is 6.58 Å². The van der Waals surface area contributed by atoms with Crippen molar-refractivity contribution in [3.63, 3.8) is 0 Å². The predicted molar refractivity (Wildman–Crippen MR) is 294 cm³/mol. The molecule has 0 spiro atoms. The van der Waals surface area contributed by atoms with Crippen LogP contribution in [0, 0.1) is 24.7 Å². The SMILES string of the molecule is C=CC(C)(C)n1cc(C[C@@H]2NC(=O)[C@H](CC3CCC3)NC(=O)[C@H](CC(C)C)N3CC/C=C\C[C@@H](C3=O)N(C)C(=O)[C@H](C)NC(=O)[C@H](Cc3ccc4nc(C)ncc4c3)NC(=O)[C@H](CC(C)C)N(C)C2=O)c2ccccc21. The molecule has 7 amide bonds. The van der Waals surface area contributed by atoms with Crippen molar-refractivity contribution in [1.29, 1.82) is 0 Å². The third-order valence-corrected chi connectivity index (χ3v) is 15.6. The monoisotopic (exact) mass is 1040 g/mol. The van der Waals surface area contributed by atoms with Crippen molar-refractivity contribution in [2.75, 3.05) is 20.6 Å². The predicted octanol–water partition coefficient (Wildman–Crippen LogP) is 6.06. The zero-order valence-corrected chi connectivity index (χ0v) is 46.2. The molecule has 4 heterocycles. The number of carbonyl (C=O) groups is 7. The number of aromatic nitrogens is 3. The summed E-state index contributed by atoms with van der Waals surface area (Å²) >= 11 is 0. The van der Waals surface area contributed by atoms with E-state index >= 15 is 19.2 Å². The van der Waals surface area contributed by atoms with Crippen molar-refractivity contribution in [2.45, 2.75) is 167 Å². The smallest absolute Gasteiger partial charge is 0.246 e. The molecule has 2 bridgehead atoms. The minimum absolute atomic E-state index is 0.00445. The molecule has 4 N–H and O–H groups in total. The van der Waals surface area contributed by atoms with E-state index in [1.165, 1.54) is 35.7 Å². The largest absolute Gasteiger partial charge is 0.343 e. The van der Waals surface area contributed by atoms with Crippen LogP contribution >= 0.6 is 0 Å². The molecule has 1 saturated carbocycles. The topological polar surface area (TPSA) is 208 Å². The van der Waals surface area contributed by atoms with Gasteiger partial charge in [0.2, 0.25) is 41.4 Å². The number of nitrogens with one attached hydrogen (secondary N) is 4. The summed E-state index contributed by atoms with van der Waals surface area (Å²) in [6, 6.07) is 5.44. The molecule has 7 rings (SSSR count). The number of allylic oxidation sites excluding steroid dienone is 1. The molecule has 1 saturated heterocycles. The summed E-state index contributed by atoms with van der Waals surface area (Å²) < 4.78 is 2.09. The number of fused-ring (bicyclic) bond motifs is 4. The summed E-state index contributed by atoms with van der Waals surface area (Å²) in [5.74, 6) is -3.31. The summed E-state index contributed by atoms with van der Waals surface area (Å²) in [4.78, 5) is 118. The van der Waals surface area contributed by atoms with Gasteiger partial charge < -0.3 is 40.5 Å². The van der Waals surface area contributed by atoms with Crippen LogP contribution in [0.15, 0.2) is 79.7 Å². The van der Waals surface area contributed by atoms with Crippen LogP contribution in [-0.2, 0) is 51.9 Å². The lowest BCUT2D eigenvalue weighted by molar-refractivity contribution is -0.150. The van der Waals surface area contributed by atoms with E-state index in [2.05, 4.69) is 42.4 Å². The van der Waals surface area contributed by atoms with Gasteiger partial charge in [0.1, 0.15) is 48.1 Å². The third kappa shape index (κ3) is 13.2. The molecule has 76 heavy (non-hydrogen) atoms. The average Bonchev–Trinajstić information content (AvgIpc) is 3.74.